The zero-order valence-corrected chi connectivity index (χ0v) is 16.5. The van der Waals surface area contributed by atoms with Crippen LogP contribution in [0.5, 0.6) is 11.5 Å². The van der Waals surface area contributed by atoms with E-state index in [0.29, 0.717) is 23.5 Å². The van der Waals surface area contributed by atoms with Crippen molar-refractivity contribution in [2.75, 3.05) is 6.61 Å². The number of ether oxygens (including phenoxy) is 1. The highest BCUT2D eigenvalue weighted by atomic mass is 16.5. The second kappa shape index (κ2) is 9.07. The standard InChI is InChI=1S/C24H30O3/c1-3-5-7-11-17-18-12-9-14-20(25)22(18)24(26)23-19(17)13-10-15-21(23)27-16-8-6-4-2/h9-10,12-15,17,25H,3-8,11,16H2,1-2H3. The van der Waals surface area contributed by atoms with E-state index >= 15 is 0 Å². The zero-order chi connectivity index (χ0) is 19.2. The molecule has 1 unspecified atom stereocenters. The first-order valence-electron chi connectivity index (χ1n) is 10.3. The number of phenolic OH excluding ortho intramolecular Hbond substituents is 1. The van der Waals surface area contributed by atoms with Gasteiger partial charge in [0.05, 0.1) is 17.7 Å². The van der Waals surface area contributed by atoms with Gasteiger partial charge in [0.2, 0.25) is 5.78 Å². The fourth-order valence-corrected chi connectivity index (χ4v) is 4.03. The Morgan fingerprint density at radius 2 is 1.56 bits per heavy atom. The highest BCUT2D eigenvalue weighted by Gasteiger charge is 2.34. The average molecular weight is 367 g/mol. The van der Waals surface area contributed by atoms with Gasteiger partial charge in [0.25, 0.3) is 0 Å². The molecule has 3 rings (SSSR count). The van der Waals surface area contributed by atoms with Crippen LogP contribution in [-0.2, 0) is 0 Å². The molecule has 2 aromatic carbocycles. The first-order valence-corrected chi connectivity index (χ1v) is 10.3. The minimum atomic E-state index is -0.115. The molecule has 3 heteroatoms. The number of rotatable bonds is 9. The fraction of sp³-hybridized carbons (Fsp3) is 0.458. The molecule has 0 bridgehead atoms. The van der Waals surface area contributed by atoms with E-state index in [1.54, 1.807) is 6.07 Å². The third-order valence-corrected chi connectivity index (χ3v) is 5.44. The number of aromatic hydroxyl groups is 1. The topological polar surface area (TPSA) is 46.5 Å². The molecule has 1 aliphatic carbocycles. The predicted molar refractivity (Wildman–Crippen MR) is 109 cm³/mol. The summed E-state index contributed by atoms with van der Waals surface area (Å²) in [5.74, 6) is 0.744. The molecule has 1 aliphatic rings. The monoisotopic (exact) mass is 366 g/mol. The van der Waals surface area contributed by atoms with Crippen LogP contribution in [0.3, 0.4) is 0 Å². The summed E-state index contributed by atoms with van der Waals surface area (Å²) < 4.78 is 6.00. The van der Waals surface area contributed by atoms with Gasteiger partial charge in [0.15, 0.2) is 0 Å². The second-order valence-corrected chi connectivity index (χ2v) is 7.39. The summed E-state index contributed by atoms with van der Waals surface area (Å²) in [5.41, 5.74) is 3.09. The summed E-state index contributed by atoms with van der Waals surface area (Å²) in [5, 5.41) is 10.4. The third-order valence-electron chi connectivity index (χ3n) is 5.44. The number of carbonyl (C=O) groups excluding carboxylic acids is 1. The summed E-state index contributed by atoms with van der Waals surface area (Å²) in [6, 6.07) is 11.4. The second-order valence-electron chi connectivity index (χ2n) is 7.39. The van der Waals surface area contributed by atoms with Crippen molar-refractivity contribution < 1.29 is 14.6 Å². The van der Waals surface area contributed by atoms with E-state index in [4.69, 9.17) is 4.74 Å². The normalized spacial score (nSPS) is 15.3. The summed E-state index contributed by atoms with van der Waals surface area (Å²) in [6.45, 7) is 4.97. The van der Waals surface area contributed by atoms with Gasteiger partial charge in [-0.05, 0) is 36.1 Å². The van der Waals surface area contributed by atoms with Crippen molar-refractivity contribution in [2.24, 2.45) is 0 Å². The molecule has 0 amide bonds. The van der Waals surface area contributed by atoms with E-state index in [1.165, 1.54) is 6.42 Å². The van der Waals surface area contributed by atoms with E-state index in [0.717, 1.165) is 49.7 Å². The van der Waals surface area contributed by atoms with Crippen LogP contribution in [0.4, 0.5) is 0 Å². The maximum Gasteiger partial charge on any atom is 0.201 e. The quantitative estimate of drug-likeness (QED) is 0.536. The maximum atomic E-state index is 13.3. The Balaban J connectivity index is 2.00. The Hall–Kier alpha value is -2.29. The lowest BCUT2D eigenvalue weighted by molar-refractivity contribution is 0.102. The summed E-state index contributed by atoms with van der Waals surface area (Å²) in [6.07, 6.45) is 7.64. The predicted octanol–water partition coefficient (Wildman–Crippen LogP) is 6.22. The Morgan fingerprint density at radius 3 is 2.30 bits per heavy atom. The van der Waals surface area contributed by atoms with Gasteiger partial charge in [0, 0.05) is 5.92 Å². The van der Waals surface area contributed by atoms with Crippen LogP contribution in [0, 0.1) is 0 Å². The van der Waals surface area contributed by atoms with Crippen molar-refractivity contribution in [3.8, 4) is 11.5 Å². The van der Waals surface area contributed by atoms with Crippen LogP contribution in [0.25, 0.3) is 0 Å². The molecule has 1 N–H and O–H groups in total. The van der Waals surface area contributed by atoms with Crippen LogP contribution in [0.15, 0.2) is 36.4 Å². The molecule has 144 valence electrons. The molecule has 0 aromatic heterocycles. The number of fused-ring (bicyclic) bond motifs is 2. The largest absolute Gasteiger partial charge is 0.507 e. The molecule has 1 atom stereocenters. The van der Waals surface area contributed by atoms with E-state index < -0.39 is 0 Å². The Kier molecular flexibility index (Phi) is 6.54. The minimum Gasteiger partial charge on any atom is -0.507 e. The van der Waals surface area contributed by atoms with Gasteiger partial charge in [-0.25, -0.2) is 0 Å². The van der Waals surface area contributed by atoms with Gasteiger partial charge in [0.1, 0.15) is 11.5 Å². The van der Waals surface area contributed by atoms with E-state index in [2.05, 4.69) is 19.9 Å². The first-order chi connectivity index (χ1) is 13.2. The molecule has 2 aromatic rings. The summed E-state index contributed by atoms with van der Waals surface area (Å²) in [7, 11) is 0. The molecule has 0 heterocycles. The highest BCUT2D eigenvalue weighted by Crippen LogP contribution is 2.45. The van der Waals surface area contributed by atoms with Crippen molar-refractivity contribution in [1.29, 1.82) is 0 Å². The van der Waals surface area contributed by atoms with Gasteiger partial charge < -0.3 is 9.84 Å². The smallest absolute Gasteiger partial charge is 0.201 e. The zero-order valence-electron chi connectivity index (χ0n) is 16.5. The van der Waals surface area contributed by atoms with Crippen molar-refractivity contribution >= 4 is 5.78 Å². The number of benzene rings is 2. The number of unbranched alkanes of at least 4 members (excludes halogenated alkanes) is 4. The number of phenols is 1. The number of hydrogen-bond donors (Lipinski definition) is 1. The molecule has 3 nitrogen and oxygen atoms in total. The van der Waals surface area contributed by atoms with Crippen LogP contribution < -0.4 is 4.74 Å². The molecular formula is C24H30O3. The number of carbonyl (C=O) groups is 1. The number of ketones is 1. The lowest BCUT2D eigenvalue weighted by Crippen LogP contribution is -2.21. The maximum absolute atomic E-state index is 13.3. The first kappa shape index (κ1) is 19.5. The molecule has 27 heavy (non-hydrogen) atoms. The molecule has 0 radical (unpaired) electrons. The van der Waals surface area contributed by atoms with Crippen LogP contribution in [-0.4, -0.2) is 17.5 Å². The van der Waals surface area contributed by atoms with Crippen molar-refractivity contribution in [2.45, 2.75) is 64.7 Å². The Bertz CT molecular complexity index is 794. The molecule has 0 fully saturated rings. The average Bonchev–Trinajstić information content (AvgIpc) is 2.67. The SMILES string of the molecule is CCCCCOc1cccc2c1C(=O)c1c(O)cccc1C2CCCCC. The highest BCUT2D eigenvalue weighted by molar-refractivity contribution is 6.16. The molecular weight excluding hydrogens is 336 g/mol. The number of hydrogen-bond acceptors (Lipinski definition) is 3. The van der Waals surface area contributed by atoms with Crippen molar-refractivity contribution in [3.05, 3.63) is 58.7 Å². The van der Waals surface area contributed by atoms with Crippen molar-refractivity contribution in [1.82, 2.24) is 0 Å². The van der Waals surface area contributed by atoms with Crippen LogP contribution >= 0.6 is 0 Å². The summed E-state index contributed by atoms with van der Waals surface area (Å²) >= 11 is 0. The molecule has 0 aliphatic heterocycles. The summed E-state index contributed by atoms with van der Waals surface area (Å²) in [4.78, 5) is 13.3. The Morgan fingerprint density at radius 1 is 0.889 bits per heavy atom. The van der Waals surface area contributed by atoms with Crippen molar-refractivity contribution in [3.63, 3.8) is 0 Å². The fourth-order valence-electron chi connectivity index (χ4n) is 4.03. The van der Waals surface area contributed by atoms with E-state index in [1.807, 2.05) is 24.3 Å². The molecule has 0 saturated carbocycles. The minimum absolute atomic E-state index is 0.0735. The van der Waals surface area contributed by atoms with E-state index in [-0.39, 0.29) is 17.5 Å². The van der Waals surface area contributed by atoms with Gasteiger partial charge >= 0.3 is 0 Å². The lowest BCUT2D eigenvalue weighted by atomic mass is 9.74. The van der Waals surface area contributed by atoms with Crippen LogP contribution in [0.2, 0.25) is 0 Å². The van der Waals surface area contributed by atoms with Crippen LogP contribution in [0.1, 0.15) is 91.8 Å². The van der Waals surface area contributed by atoms with Gasteiger partial charge in [-0.3, -0.25) is 4.79 Å². The third kappa shape index (κ3) is 4.02. The Labute approximate surface area is 162 Å². The van der Waals surface area contributed by atoms with E-state index in [9.17, 15) is 9.90 Å². The lowest BCUT2D eigenvalue weighted by Gasteiger charge is -2.29. The van der Waals surface area contributed by atoms with Gasteiger partial charge in [-0.15, -0.1) is 0 Å². The van der Waals surface area contributed by atoms with Gasteiger partial charge in [-0.2, -0.15) is 0 Å². The molecule has 0 saturated heterocycles. The van der Waals surface area contributed by atoms with Gasteiger partial charge in [-0.1, -0.05) is 70.2 Å². The molecule has 0 spiro atoms.